The molecular weight excluding hydrogens is 396 g/mol. The van der Waals surface area contributed by atoms with Gasteiger partial charge in [0.2, 0.25) is 5.91 Å². The summed E-state index contributed by atoms with van der Waals surface area (Å²) in [6.07, 6.45) is 0.516. The summed E-state index contributed by atoms with van der Waals surface area (Å²) < 4.78 is 25.6. The van der Waals surface area contributed by atoms with Crippen molar-refractivity contribution in [3.8, 4) is 11.4 Å². The van der Waals surface area contributed by atoms with Crippen LogP contribution in [0.25, 0.3) is 11.4 Å². The first-order valence-corrected chi connectivity index (χ1v) is 12.2. The summed E-state index contributed by atoms with van der Waals surface area (Å²) >= 11 is 1.37. The van der Waals surface area contributed by atoms with Gasteiger partial charge in [0, 0.05) is 24.7 Å². The Morgan fingerprint density at radius 3 is 2.57 bits per heavy atom. The Labute approximate surface area is 170 Å². The molecule has 2 heterocycles. The van der Waals surface area contributed by atoms with Gasteiger partial charge < -0.3 is 9.47 Å². The van der Waals surface area contributed by atoms with Crippen LogP contribution in [-0.2, 0) is 21.2 Å². The fraction of sp³-hybridized carbons (Fsp3) is 0.526. The van der Waals surface area contributed by atoms with Crippen molar-refractivity contribution < 1.29 is 13.2 Å². The molecule has 1 amide bonds. The Morgan fingerprint density at radius 2 is 2.00 bits per heavy atom. The van der Waals surface area contributed by atoms with E-state index in [4.69, 9.17) is 0 Å². The summed E-state index contributed by atoms with van der Waals surface area (Å²) in [7, 11) is -3.03. The summed E-state index contributed by atoms with van der Waals surface area (Å²) in [5.41, 5.74) is 0.981. The number of benzene rings is 1. The number of hydrogen-bond acceptors (Lipinski definition) is 6. The lowest BCUT2D eigenvalue weighted by Gasteiger charge is -2.29. The van der Waals surface area contributed by atoms with E-state index in [0.717, 1.165) is 11.4 Å². The Morgan fingerprint density at radius 1 is 1.29 bits per heavy atom. The van der Waals surface area contributed by atoms with Crippen LogP contribution in [0.1, 0.15) is 27.2 Å². The van der Waals surface area contributed by atoms with Crippen molar-refractivity contribution >= 4 is 27.5 Å². The van der Waals surface area contributed by atoms with Crippen LogP contribution in [0.2, 0.25) is 0 Å². The summed E-state index contributed by atoms with van der Waals surface area (Å²) in [5.74, 6) is 0.946. The van der Waals surface area contributed by atoms with E-state index in [-0.39, 0.29) is 28.7 Å². The van der Waals surface area contributed by atoms with Gasteiger partial charge in [-0.3, -0.25) is 4.79 Å². The fourth-order valence-corrected chi connectivity index (χ4v) is 6.23. The number of carbonyl (C=O) groups excluding carboxylic acids is 1. The molecule has 1 aliphatic rings. The molecule has 7 nitrogen and oxygen atoms in total. The van der Waals surface area contributed by atoms with Gasteiger partial charge in [-0.15, -0.1) is 10.2 Å². The maximum absolute atomic E-state index is 13.0. The minimum absolute atomic E-state index is 0.0542. The molecule has 0 saturated carbocycles. The van der Waals surface area contributed by atoms with E-state index in [0.29, 0.717) is 24.7 Å². The zero-order valence-corrected chi connectivity index (χ0v) is 18.0. The first kappa shape index (κ1) is 20.9. The van der Waals surface area contributed by atoms with Crippen LogP contribution >= 0.6 is 11.8 Å². The van der Waals surface area contributed by atoms with Crippen LogP contribution in [0, 0.1) is 0 Å². The van der Waals surface area contributed by atoms with Gasteiger partial charge in [0.1, 0.15) is 0 Å². The molecule has 1 fully saturated rings. The van der Waals surface area contributed by atoms with E-state index in [1.807, 2.05) is 55.7 Å². The third-order valence-electron chi connectivity index (χ3n) is 4.97. The van der Waals surface area contributed by atoms with Crippen LogP contribution in [0.3, 0.4) is 0 Å². The zero-order valence-electron chi connectivity index (χ0n) is 16.4. The quantitative estimate of drug-likeness (QED) is 0.637. The van der Waals surface area contributed by atoms with E-state index in [2.05, 4.69) is 10.2 Å². The van der Waals surface area contributed by atoms with Gasteiger partial charge in [-0.1, -0.05) is 42.1 Å². The van der Waals surface area contributed by atoms with Crippen LogP contribution < -0.4 is 0 Å². The smallest absolute Gasteiger partial charge is 0.236 e. The molecule has 152 valence electrons. The van der Waals surface area contributed by atoms with Gasteiger partial charge in [0.05, 0.1) is 16.8 Å². The molecule has 1 saturated heterocycles. The molecule has 1 aromatic carbocycles. The molecular formula is C19H26N4O3S2. The van der Waals surface area contributed by atoms with Crippen molar-refractivity contribution in [1.82, 2.24) is 19.7 Å². The Kier molecular flexibility index (Phi) is 6.44. The first-order chi connectivity index (χ1) is 13.4. The van der Waals surface area contributed by atoms with E-state index >= 15 is 0 Å². The maximum atomic E-state index is 13.0. The molecule has 1 aromatic heterocycles. The van der Waals surface area contributed by atoms with Gasteiger partial charge in [-0.2, -0.15) is 0 Å². The van der Waals surface area contributed by atoms with Crippen LogP contribution in [0.4, 0.5) is 0 Å². The van der Waals surface area contributed by atoms with Gasteiger partial charge in [0.25, 0.3) is 0 Å². The molecule has 2 atom stereocenters. The Bertz CT molecular complexity index is 928. The van der Waals surface area contributed by atoms with Crippen LogP contribution in [0.15, 0.2) is 35.5 Å². The largest absolute Gasteiger partial charge is 0.338 e. The SMILES string of the molecule is CCN(C(=O)[C@@H](C)Sc1nnc(-c2ccccc2)n1CC)[C@H]1CCS(=O)(=O)C1. The number of amides is 1. The monoisotopic (exact) mass is 422 g/mol. The van der Waals surface area contributed by atoms with Gasteiger partial charge in [-0.05, 0) is 27.2 Å². The zero-order chi connectivity index (χ0) is 20.3. The second-order valence-electron chi connectivity index (χ2n) is 6.86. The van der Waals surface area contributed by atoms with E-state index in [1.54, 1.807) is 4.90 Å². The highest BCUT2D eigenvalue weighted by molar-refractivity contribution is 8.00. The number of carbonyl (C=O) groups is 1. The number of sulfone groups is 1. The van der Waals surface area contributed by atoms with E-state index < -0.39 is 9.84 Å². The normalized spacial score (nSPS) is 19.5. The standard InChI is InChI=1S/C19H26N4O3S2/c1-4-22(16-11-12-28(25,26)13-16)18(24)14(3)27-19-21-20-17(23(19)5-2)15-9-7-6-8-10-15/h6-10,14,16H,4-5,11-13H2,1-3H3/t14-,16+/m1/s1. The van der Waals surface area contributed by atoms with Crippen molar-refractivity contribution in [1.29, 1.82) is 0 Å². The van der Waals surface area contributed by atoms with E-state index in [1.165, 1.54) is 11.8 Å². The van der Waals surface area contributed by atoms with Crippen molar-refractivity contribution in [3.63, 3.8) is 0 Å². The summed E-state index contributed by atoms with van der Waals surface area (Å²) in [4.78, 5) is 14.7. The molecule has 0 aliphatic carbocycles. The van der Waals surface area contributed by atoms with E-state index in [9.17, 15) is 13.2 Å². The highest BCUT2D eigenvalue weighted by Crippen LogP contribution is 2.29. The summed E-state index contributed by atoms with van der Waals surface area (Å²) in [6.45, 7) is 6.95. The molecule has 9 heteroatoms. The number of rotatable bonds is 7. The molecule has 0 spiro atoms. The number of thioether (sulfide) groups is 1. The minimum atomic E-state index is -3.03. The lowest BCUT2D eigenvalue weighted by Crippen LogP contribution is -2.44. The molecule has 1 aliphatic heterocycles. The molecule has 0 radical (unpaired) electrons. The third kappa shape index (κ3) is 4.41. The van der Waals surface area contributed by atoms with Crippen molar-refractivity contribution in [2.45, 2.75) is 50.2 Å². The predicted octanol–water partition coefficient (Wildman–Crippen LogP) is 2.48. The van der Waals surface area contributed by atoms with Crippen LogP contribution in [0.5, 0.6) is 0 Å². The topological polar surface area (TPSA) is 85.2 Å². The second-order valence-corrected chi connectivity index (χ2v) is 10.4. The van der Waals surface area contributed by atoms with Gasteiger partial charge in [-0.25, -0.2) is 8.42 Å². The van der Waals surface area contributed by atoms with Crippen molar-refractivity contribution in [2.24, 2.45) is 0 Å². The first-order valence-electron chi connectivity index (χ1n) is 9.52. The minimum Gasteiger partial charge on any atom is -0.338 e. The maximum Gasteiger partial charge on any atom is 0.236 e. The van der Waals surface area contributed by atoms with Crippen molar-refractivity contribution in [3.05, 3.63) is 30.3 Å². The highest BCUT2D eigenvalue weighted by atomic mass is 32.2. The number of nitrogens with zero attached hydrogens (tertiary/aromatic N) is 4. The predicted molar refractivity (Wildman–Crippen MR) is 111 cm³/mol. The number of hydrogen-bond donors (Lipinski definition) is 0. The molecule has 0 N–H and O–H groups in total. The van der Waals surface area contributed by atoms with Crippen LogP contribution in [-0.4, -0.2) is 63.3 Å². The highest BCUT2D eigenvalue weighted by Gasteiger charge is 2.35. The molecule has 28 heavy (non-hydrogen) atoms. The Balaban J connectivity index is 1.76. The van der Waals surface area contributed by atoms with Gasteiger partial charge in [0.15, 0.2) is 20.8 Å². The average Bonchev–Trinajstić information content (AvgIpc) is 3.25. The lowest BCUT2D eigenvalue weighted by atomic mass is 10.2. The third-order valence-corrected chi connectivity index (χ3v) is 7.79. The lowest BCUT2D eigenvalue weighted by molar-refractivity contribution is -0.131. The second kappa shape index (κ2) is 8.65. The fourth-order valence-electron chi connectivity index (χ4n) is 3.52. The summed E-state index contributed by atoms with van der Waals surface area (Å²) in [5, 5.41) is 8.94. The molecule has 0 unspecified atom stereocenters. The molecule has 2 aromatic rings. The Hall–Kier alpha value is -1.87. The molecule has 0 bridgehead atoms. The summed E-state index contributed by atoms with van der Waals surface area (Å²) in [6, 6.07) is 9.61. The number of aromatic nitrogens is 3. The average molecular weight is 423 g/mol. The van der Waals surface area contributed by atoms with Crippen molar-refractivity contribution in [2.75, 3.05) is 18.1 Å². The molecule has 3 rings (SSSR count). The van der Waals surface area contributed by atoms with Gasteiger partial charge >= 0.3 is 0 Å².